The molecule has 3 heterocycles. The molecule has 0 saturated carbocycles. The first-order valence-electron chi connectivity index (χ1n) is 10.6. The van der Waals surface area contributed by atoms with Gasteiger partial charge in [0.2, 0.25) is 11.8 Å². The molecule has 156 valence electrons. The van der Waals surface area contributed by atoms with Crippen LogP contribution in [0.4, 0.5) is 0 Å². The number of imidazole rings is 1. The molecular formula is C24H28N4O2. The van der Waals surface area contributed by atoms with E-state index in [0.717, 1.165) is 29.7 Å². The Morgan fingerprint density at radius 3 is 2.83 bits per heavy atom. The molecule has 2 aromatic heterocycles. The summed E-state index contributed by atoms with van der Waals surface area (Å²) < 4.78 is 1.98. The molecule has 0 aliphatic carbocycles. The fourth-order valence-corrected chi connectivity index (χ4v) is 4.03. The van der Waals surface area contributed by atoms with Gasteiger partial charge in [0.15, 0.2) is 0 Å². The molecule has 1 aliphatic rings. The summed E-state index contributed by atoms with van der Waals surface area (Å²) in [6.07, 6.45) is 6.87. The zero-order chi connectivity index (χ0) is 20.9. The Kier molecular flexibility index (Phi) is 6.12. The number of piperidine rings is 1. The summed E-state index contributed by atoms with van der Waals surface area (Å²) in [5.74, 6) is 0.00493. The summed E-state index contributed by atoms with van der Waals surface area (Å²) in [5.41, 5.74) is 4.15. The largest absolute Gasteiger partial charge is 0.350 e. The average Bonchev–Trinajstić information content (AvgIpc) is 3.16. The quantitative estimate of drug-likeness (QED) is 0.658. The van der Waals surface area contributed by atoms with E-state index < -0.39 is 0 Å². The molecule has 0 unspecified atom stereocenters. The second-order valence-corrected chi connectivity index (χ2v) is 8.09. The number of aromatic nitrogens is 2. The van der Waals surface area contributed by atoms with Crippen molar-refractivity contribution in [2.75, 3.05) is 13.1 Å². The van der Waals surface area contributed by atoms with Crippen LogP contribution in [-0.2, 0) is 22.6 Å². The Morgan fingerprint density at radius 1 is 1.17 bits per heavy atom. The summed E-state index contributed by atoms with van der Waals surface area (Å²) in [5, 5.41) is 3.01. The maximum atomic E-state index is 12.7. The lowest BCUT2D eigenvalue weighted by molar-refractivity contribution is -0.138. The lowest BCUT2D eigenvalue weighted by Gasteiger charge is -2.32. The van der Waals surface area contributed by atoms with Gasteiger partial charge in [-0.2, -0.15) is 0 Å². The van der Waals surface area contributed by atoms with Gasteiger partial charge in [0.25, 0.3) is 0 Å². The molecule has 6 heteroatoms. The molecule has 1 atom stereocenters. The maximum Gasteiger partial charge on any atom is 0.225 e. The van der Waals surface area contributed by atoms with Gasteiger partial charge in [-0.3, -0.25) is 9.59 Å². The van der Waals surface area contributed by atoms with Crippen molar-refractivity contribution in [3.8, 4) is 0 Å². The molecule has 1 aromatic carbocycles. The Morgan fingerprint density at radius 2 is 2.00 bits per heavy atom. The molecule has 4 rings (SSSR count). The number of hydrogen-bond acceptors (Lipinski definition) is 3. The second kappa shape index (κ2) is 9.11. The topological polar surface area (TPSA) is 66.7 Å². The Bertz CT molecular complexity index is 1030. The number of carbonyl (C=O) groups excluding carboxylic acids is 2. The van der Waals surface area contributed by atoms with E-state index in [1.54, 1.807) is 0 Å². The minimum atomic E-state index is -0.154. The normalized spacial score (nSPS) is 16.8. The monoisotopic (exact) mass is 404 g/mol. The highest BCUT2D eigenvalue weighted by Gasteiger charge is 2.29. The number of fused-ring (bicyclic) bond motifs is 1. The van der Waals surface area contributed by atoms with Crippen LogP contribution in [0.3, 0.4) is 0 Å². The fourth-order valence-electron chi connectivity index (χ4n) is 4.03. The first-order valence-corrected chi connectivity index (χ1v) is 10.6. The van der Waals surface area contributed by atoms with Crippen molar-refractivity contribution in [2.24, 2.45) is 5.92 Å². The van der Waals surface area contributed by atoms with Gasteiger partial charge in [-0.15, -0.1) is 0 Å². The van der Waals surface area contributed by atoms with Gasteiger partial charge in [-0.25, -0.2) is 4.98 Å². The number of nitrogens with one attached hydrogen (secondary N) is 1. The van der Waals surface area contributed by atoms with Crippen LogP contribution in [0.2, 0.25) is 0 Å². The van der Waals surface area contributed by atoms with Gasteiger partial charge in [0.1, 0.15) is 5.65 Å². The van der Waals surface area contributed by atoms with E-state index in [2.05, 4.69) is 22.4 Å². The Balaban J connectivity index is 1.28. The number of nitrogens with zero attached hydrogens (tertiary/aromatic N) is 3. The SMILES string of the molecule is Cc1ccc2nc(CNC(=O)[C@@H]3CCC(=O)N(CCCc4ccccc4)C3)cn2c1. The van der Waals surface area contributed by atoms with Gasteiger partial charge in [0, 0.05) is 31.9 Å². The summed E-state index contributed by atoms with van der Waals surface area (Å²) in [4.78, 5) is 31.4. The number of pyridine rings is 1. The molecule has 0 spiro atoms. The number of amides is 2. The third-order valence-corrected chi connectivity index (χ3v) is 5.70. The minimum absolute atomic E-state index is 0.00351. The molecule has 1 aliphatic heterocycles. The van der Waals surface area contributed by atoms with Crippen LogP contribution in [0.15, 0.2) is 54.9 Å². The van der Waals surface area contributed by atoms with Crippen LogP contribution < -0.4 is 5.32 Å². The number of aryl methyl sites for hydroxylation is 2. The summed E-state index contributed by atoms with van der Waals surface area (Å²) in [7, 11) is 0. The smallest absolute Gasteiger partial charge is 0.225 e. The number of rotatable bonds is 7. The van der Waals surface area contributed by atoms with E-state index >= 15 is 0 Å². The van der Waals surface area contributed by atoms with Gasteiger partial charge < -0.3 is 14.6 Å². The molecule has 30 heavy (non-hydrogen) atoms. The lowest BCUT2D eigenvalue weighted by Crippen LogP contribution is -2.46. The van der Waals surface area contributed by atoms with Crippen LogP contribution in [0.5, 0.6) is 0 Å². The molecule has 1 N–H and O–H groups in total. The van der Waals surface area contributed by atoms with Crippen LogP contribution >= 0.6 is 0 Å². The highest BCUT2D eigenvalue weighted by Crippen LogP contribution is 2.19. The predicted octanol–water partition coefficient (Wildman–Crippen LogP) is 3.13. The van der Waals surface area contributed by atoms with Crippen molar-refractivity contribution in [3.63, 3.8) is 0 Å². The van der Waals surface area contributed by atoms with Crippen molar-refractivity contribution in [3.05, 3.63) is 71.7 Å². The van der Waals surface area contributed by atoms with Crippen molar-refractivity contribution in [1.82, 2.24) is 19.6 Å². The van der Waals surface area contributed by atoms with Gasteiger partial charge >= 0.3 is 0 Å². The average molecular weight is 405 g/mol. The van der Waals surface area contributed by atoms with E-state index in [-0.39, 0.29) is 17.7 Å². The van der Waals surface area contributed by atoms with Crippen LogP contribution in [-0.4, -0.2) is 39.2 Å². The van der Waals surface area contributed by atoms with Crippen LogP contribution in [0.1, 0.15) is 36.1 Å². The highest BCUT2D eigenvalue weighted by molar-refractivity contribution is 5.83. The molecule has 1 fully saturated rings. The molecule has 2 amide bonds. The summed E-state index contributed by atoms with van der Waals surface area (Å²) >= 11 is 0. The standard InChI is InChI=1S/C24H28N4O2/c1-18-9-11-22-26-21(17-28(22)15-18)14-25-24(30)20-10-12-23(29)27(16-20)13-5-8-19-6-3-2-4-7-19/h2-4,6-7,9,11,15,17,20H,5,8,10,12-14,16H2,1H3,(H,25,30)/t20-/m1/s1. The first kappa shape index (κ1) is 20.1. The van der Waals surface area contributed by atoms with Crippen molar-refractivity contribution in [1.29, 1.82) is 0 Å². The molecule has 3 aromatic rings. The van der Waals surface area contributed by atoms with Crippen molar-refractivity contribution < 1.29 is 9.59 Å². The highest BCUT2D eigenvalue weighted by atomic mass is 16.2. The molecule has 1 saturated heterocycles. The maximum absolute atomic E-state index is 12.7. The van der Waals surface area contributed by atoms with Crippen LogP contribution in [0, 0.1) is 12.8 Å². The third-order valence-electron chi connectivity index (χ3n) is 5.70. The zero-order valence-corrected chi connectivity index (χ0v) is 17.4. The van der Waals surface area contributed by atoms with E-state index in [1.165, 1.54) is 5.56 Å². The van der Waals surface area contributed by atoms with Gasteiger partial charge in [0.05, 0.1) is 18.2 Å². The predicted molar refractivity (Wildman–Crippen MR) is 116 cm³/mol. The van der Waals surface area contributed by atoms with E-state index in [1.807, 2.05) is 58.9 Å². The van der Waals surface area contributed by atoms with Crippen molar-refractivity contribution in [2.45, 2.75) is 39.2 Å². The number of likely N-dealkylation sites (tertiary alicyclic amines) is 1. The fraction of sp³-hybridized carbons (Fsp3) is 0.375. The zero-order valence-electron chi connectivity index (χ0n) is 17.4. The molecular weight excluding hydrogens is 376 g/mol. The number of carbonyl (C=O) groups is 2. The number of benzene rings is 1. The van der Waals surface area contributed by atoms with Crippen LogP contribution in [0.25, 0.3) is 5.65 Å². The second-order valence-electron chi connectivity index (χ2n) is 8.09. The first-order chi connectivity index (χ1) is 14.6. The third kappa shape index (κ3) is 4.87. The lowest BCUT2D eigenvalue weighted by atomic mass is 9.96. The van der Waals surface area contributed by atoms with E-state index in [0.29, 0.717) is 32.5 Å². The number of hydrogen-bond donors (Lipinski definition) is 1. The van der Waals surface area contributed by atoms with Gasteiger partial charge in [-0.05, 0) is 43.4 Å². The molecule has 6 nitrogen and oxygen atoms in total. The minimum Gasteiger partial charge on any atom is -0.350 e. The summed E-state index contributed by atoms with van der Waals surface area (Å²) in [6, 6.07) is 14.3. The summed E-state index contributed by atoms with van der Waals surface area (Å²) in [6.45, 7) is 3.64. The van der Waals surface area contributed by atoms with Crippen molar-refractivity contribution >= 4 is 17.5 Å². The molecule has 0 bridgehead atoms. The Hall–Kier alpha value is -3.15. The molecule has 0 radical (unpaired) electrons. The van der Waals surface area contributed by atoms with E-state index in [9.17, 15) is 9.59 Å². The van der Waals surface area contributed by atoms with E-state index in [4.69, 9.17) is 0 Å². The van der Waals surface area contributed by atoms with Gasteiger partial charge in [-0.1, -0.05) is 36.4 Å². The Labute approximate surface area is 176 Å².